The van der Waals surface area contributed by atoms with Crippen molar-refractivity contribution in [2.24, 2.45) is 0 Å². The average molecular weight is 336 g/mol. The lowest BCUT2D eigenvalue weighted by atomic mass is 10.8. The molecule has 10 heteroatoms. The van der Waals surface area contributed by atoms with Gasteiger partial charge in [-0.3, -0.25) is 0 Å². The molecule has 0 atom stereocenters. The van der Waals surface area contributed by atoms with Crippen molar-refractivity contribution in [1.82, 2.24) is 0 Å². The van der Waals surface area contributed by atoms with Gasteiger partial charge in [0.25, 0.3) is 9.84 Å². The first-order valence-electron chi connectivity index (χ1n) is 6.02. The maximum Gasteiger partial charge on any atom is 0.529 e. The quantitative estimate of drug-likeness (QED) is 0.603. The zero-order valence-corrected chi connectivity index (χ0v) is 13.4. The molecule has 0 spiro atoms. The Labute approximate surface area is 118 Å². The van der Waals surface area contributed by atoms with Crippen molar-refractivity contribution >= 4 is 18.6 Å². The van der Waals surface area contributed by atoms with Gasteiger partial charge in [-0.05, 0) is 26.5 Å². The van der Waals surface area contributed by atoms with Gasteiger partial charge in [-0.25, -0.2) is 8.42 Å². The van der Waals surface area contributed by atoms with Crippen LogP contribution >= 0.6 is 0 Å². The summed E-state index contributed by atoms with van der Waals surface area (Å²) in [6.45, 7) is 5.76. The van der Waals surface area contributed by atoms with Crippen LogP contribution in [0.25, 0.3) is 0 Å². The molecule has 120 valence electrons. The molecule has 0 rings (SSSR count). The van der Waals surface area contributed by atoms with E-state index in [1.54, 1.807) is 20.8 Å². The second kappa shape index (κ2) is 8.13. The molecule has 0 aromatic carbocycles. The molecule has 0 bridgehead atoms. The van der Waals surface area contributed by atoms with Gasteiger partial charge in [0, 0.05) is 19.8 Å². The molecule has 20 heavy (non-hydrogen) atoms. The van der Waals surface area contributed by atoms with Gasteiger partial charge in [0.2, 0.25) is 0 Å². The summed E-state index contributed by atoms with van der Waals surface area (Å²) in [7, 11) is -8.46. The minimum absolute atomic E-state index is 0.239. The molecule has 0 radical (unpaired) electrons. The number of hydrogen-bond donors (Lipinski definition) is 0. The lowest BCUT2D eigenvalue weighted by Gasteiger charge is -2.25. The van der Waals surface area contributed by atoms with Crippen LogP contribution in [0.1, 0.15) is 20.8 Å². The molecule has 0 aromatic rings. The highest BCUT2D eigenvalue weighted by Gasteiger charge is 2.45. The molecule has 0 fully saturated rings. The minimum Gasteiger partial charge on any atom is -0.371 e. The van der Waals surface area contributed by atoms with Gasteiger partial charge >= 0.3 is 14.3 Å². The number of alkyl halides is 3. The molecule has 0 saturated carbocycles. The standard InChI is InChI=1S/C10H19F3O5SSi/c1-4-16-20(17-5-2,18-6-3)9-7-8-19(14,15)10(11,12)13/h7,9H,4-6,8H2,1-3H3/b9-7+. The number of halogens is 3. The smallest absolute Gasteiger partial charge is 0.371 e. The molecule has 0 aromatic heterocycles. The fraction of sp³-hybridized carbons (Fsp3) is 0.800. The van der Waals surface area contributed by atoms with Gasteiger partial charge in [0.05, 0.1) is 5.75 Å². The first kappa shape index (κ1) is 19.6. The first-order chi connectivity index (χ1) is 9.14. The zero-order valence-electron chi connectivity index (χ0n) is 11.6. The topological polar surface area (TPSA) is 61.8 Å². The second-order valence-electron chi connectivity index (χ2n) is 3.53. The van der Waals surface area contributed by atoms with Crippen molar-refractivity contribution in [2.75, 3.05) is 25.6 Å². The van der Waals surface area contributed by atoms with Crippen LogP contribution < -0.4 is 0 Å². The zero-order chi connectivity index (χ0) is 15.9. The summed E-state index contributed by atoms with van der Waals surface area (Å²) >= 11 is 0. The van der Waals surface area contributed by atoms with Crippen molar-refractivity contribution in [1.29, 1.82) is 0 Å². The molecule has 0 N–H and O–H groups in total. The third-order valence-electron chi connectivity index (χ3n) is 2.03. The lowest BCUT2D eigenvalue weighted by molar-refractivity contribution is -0.0432. The lowest BCUT2D eigenvalue weighted by Crippen LogP contribution is -2.44. The summed E-state index contributed by atoms with van der Waals surface area (Å²) in [5.74, 6) is -1.17. The maximum absolute atomic E-state index is 12.2. The Balaban J connectivity index is 5.02. The Kier molecular flexibility index (Phi) is 7.95. The van der Waals surface area contributed by atoms with E-state index in [4.69, 9.17) is 13.3 Å². The largest absolute Gasteiger partial charge is 0.529 e. The van der Waals surface area contributed by atoms with Crippen LogP contribution in [0.2, 0.25) is 0 Å². The van der Waals surface area contributed by atoms with Crippen molar-refractivity contribution in [3.8, 4) is 0 Å². The van der Waals surface area contributed by atoms with E-state index in [0.29, 0.717) is 0 Å². The highest BCUT2D eigenvalue weighted by atomic mass is 32.2. The fourth-order valence-electron chi connectivity index (χ4n) is 1.29. The number of hydrogen-bond acceptors (Lipinski definition) is 5. The van der Waals surface area contributed by atoms with Crippen LogP contribution in [0.4, 0.5) is 13.2 Å². The number of rotatable bonds is 9. The second-order valence-corrected chi connectivity index (χ2v) is 7.96. The van der Waals surface area contributed by atoms with Crippen LogP contribution in [0.3, 0.4) is 0 Å². The third-order valence-corrected chi connectivity index (χ3v) is 6.08. The maximum atomic E-state index is 12.2. The van der Waals surface area contributed by atoms with Gasteiger partial charge in [0.1, 0.15) is 0 Å². The predicted molar refractivity (Wildman–Crippen MR) is 69.6 cm³/mol. The van der Waals surface area contributed by atoms with E-state index < -0.39 is 29.9 Å². The molecule has 0 aliphatic rings. The molecule has 0 unspecified atom stereocenters. The molecular formula is C10H19F3O5SSi. The monoisotopic (exact) mass is 336 g/mol. The molecule has 0 heterocycles. The Bertz CT molecular complexity index is 391. The highest BCUT2D eigenvalue weighted by Crippen LogP contribution is 2.24. The Hall–Kier alpha value is -0.423. The van der Waals surface area contributed by atoms with E-state index in [-0.39, 0.29) is 19.8 Å². The molecule has 0 aliphatic carbocycles. The van der Waals surface area contributed by atoms with E-state index in [9.17, 15) is 21.6 Å². The van der Waals surface area contributed by atoms with E-state index in [1.165, 1.54) is 5.70 Å². The van der Waals surface area contributed by atoms with Crippen LogP contribution in [0, 0.1) is 0 Å². The summed E-state index contributed by atoms with van der Waals surface area (Å²) in [6.07, 6.45) is 0.871. The molecule has 5 nitrogen and oxygen atoms in total. The van der Waals surface area contributed by atoms with Crippen molar-refractivity contribution in [3.05, 3.63) is 11.8 Å². The van der Waals surface area contributed by atoms with Gasteiger partial charge in [0.15, 0.2) is 0 Å². The van der Waals surface area contributed by atoms with Crippen LogP contribution in [0.5, 0.6) is 0 Å². The van der Waals surface area contributed by atoms with Gasteiger partial charge < -0.3 is 13.3 Å². The average Bonchev–Trinajstić information content (AvgIpc) is 2.28. The van der Waals surface area contributed by atoms with E-state index in [1.807, 2.05) is 0 Å². The predicted octanol–water partition coefficient (Wildman–Crippen LogP) is 2.06. The SMILES string of the molecule is CCO[Si](/C=C/CS(=O)(=O)C(F)(F)F)(OCC)OCC. The summed E-state index contributed by atoms with van der Waals surface area (Å²) in [5.41, 5.74) is -4.10. The normalized spacial score (nSPS) is 14.1. The Morgan fingerprint density at radius 3 is 1.70 bits per heavy atom. The highest BCUT2D eigenvalue weighted by molar-refractivity contribution is 7.92. The molecule has 0 amide bonds. The van der Waals surface area contributed by atoms with E-state index in [2.05, 4.69) is 0 Å². The van der Waals surface area contributed by atoms with Crippen molar-refractivity contribution in [3.63, 3.8) is 0 Å². The van der Waals surface area contributed by atoms with Crippen LogP contribution in [-0.4, -0.2) is 48.3 Å². The summed E-state index contributed by atoms with van der Waals surface area (Å²) < 4.78 is 74.5. The first-order valence-corrected chi connectivity index (χ1v) is 9.48. The van der Waals surface area contributed by atoms with Crippen molar-refractivity contribution in [2.45, 2.75) is 26.3 Å². The number of sulfone groups is 1. The molecule has 0 aliphatic heterocycles. The molecular weight excluding hydrogens is 317 g/mol. The summed E-state index contributed by atoms with van der Waals surface area (Å²) in [5, 5.41) is 0. The van der Waals surface area contributed by atoms with Crippen LogP contribution in [0.15, 0.2) is 11.8 Å². The van der Waals surface area contributed by atoms with Gasteiger partial charge in [-0.15, -0.1) is 0 Å². The molecule has 0 saturated heterocycles. The van der Waals surface area contributed by atoms with Crippen LogP contribution in [-0.2, 0) is 23.1 Å². The van der Waals surface area contributed by atoms with Gasteiger partial charge in [-0.2, -0.15) is 13.2 Å². The Morgan fingerprint density at radius 1 is 1.00 bits per heavy atom. The van der Waals surface area contributed by atoms with Gasteiger partial charge in [-0.1, -0.05) is 6.08 Å². The van der Waals surface area contributed by atoms with E-state index >= 15 is 0 Å². The third kappa shape index (κ3) is 5.91. The fourth-order valence-corrected chi connectivity index (χ4v) is 4.15. The summed E-state index contributed by atoms with van der Waals surface area (Å²) in [4.78, 5) is 0. The summed E-state index contributed by atoms with van der Waals surface area (Å²) in [6, 6.07) is 0. The van der Waals surface area contributed by atoms with Crippen molar-refractivity contribution < 1.29 is 34.9 Å². The minimum atomic E-state index is -5.27. The Morgan fingerprint density at radius 2 is 1.40 bits per heavy atom. The van der Waals surface area contributed by atoms with E-state index in [0.717, 1.165) is 6.08 Å².